The average molecular weight is 244 g/mol. The summed E-state index contributed by atoms with van der Waals surface area (Å²) in [6.45, 7) is 0. The van der Waals surface area contributed by atoms with Crippen LogP contribution in [0.4, 0.5) is 10.1 Å². The first kappa shape index (κ1) is 8.37. The van der Waals surface area contributed by atoms with Crippen LogP contribution in [-0.4, -0.2) is 11.7 Å². The Morgan fingerprint density at radius 2 is 2.00 bits per heavy atom. The molecule has 1 aromatic rings. The number of amides is 1. The lowest BCUT2D eigenvalue weighted by molar-refractivity contribution is -0.112. The maximum atomic E-state index is 13.3. The Labute approximate surface area is 81.1 Å². The van der Waals surface area contributed by atoms with Crippen LogP contribution in [0, 0.1) is 5.82 Å². The fraction of sp³-hybridized carbons (Fsp3) is 0. The number of halogens is 2. The van der Waals surface area contributed by atoms with Gasteiger partial charge >= 0.3 is 0 Å². The lowest BCUT2D eigenvalue weighted by Crippen LogP contribution is -2.13. The molecule has 1 aromatic carbocycles. The second kappa shape index (κ2) is 2.63. The minimum atomic E-state index is -0.825. The molecule has 1 aliphatic rings. The quantitative estimate of drug-likeness (QED) is 0.706. The van der Waals surface area contributed by atoms with E-state index >= 15 is 0 Å². The van der Waals surface area contributed by atoms with Gasteiger partial charge in [-0.15, -0.1) is 0 Å². The van der Waals surface area contributed by atoms with E-state index in [2.05, 4.69) is 21.2 Å². The molecule has 1 aliphatic heterocycles. The van der Waals surface area contributed by atoms with Gasteiger partial charge in [-0.25, -0.2) is 4.39 Å². The number of fused-ring (bicyclic) bond motifs is 1. The molecule has 0 aliphatic carbocycles. The highest BCUT2D eigenvalue weighted by Gasteiger charge is 2.31. The van der Waals surface area contributed by atoms with E-state index in [4.69, 9.17) is 0 Å². The topological polar surface area (TPSA) is 46.2 Å². The third-order valence-corrected chi connectivity index (χ3v) is 2.39. The number of hydrogen-bond acceptors (Lipinski definition) is 2. The van der Waals surface area contributed by atoms with Crippen LogP contribution in [0.15, 0.2) is 16.6 Å². The first-order chi connectivity index (χ1) is 6.11. The van der Waals surface area contributed by atoms with E-state index in [1.54, 1.807) is 0 Å². The number of carbonyl (C=O) groups excluding carboxylic acids is 2. The summed E-state index contributed by atoms with van der Waals surface area (Å²) in [5.41, 5.74) is 0.0510. The molecule has 1 amide bonds. The number of benzene rings is 1. The van der Waals surface area contributed by atoms with E-state index in [1.165, 1.54) is 12.1 Å². The van der Waals surface area contributed by atoms with Gasteiger partial charge in [0.25, 0.3) is 11.7 Å². The Balaban J connectivity index is 2.73. The molecule has 13 heavy (non-hydrogen) atoms. The number of ketones is 1. The molecule has 5 heteroatoms. The number of carbonyl (C=O) groups is 2. The fourth-order valence-electron chi connectivity index (χ4n) is 1.17. The zero-order valence-electron chi connectivity index (χ0n) is 6.23. The summed E-state index contributed by atoms with van der Waals surface area (Å²) in [7, 11) is 0. The van der Waals surface area contributed by atoms with Crippen molar-refractivity contribution in [3.63, 3.8) is 0 Å². The largest absolute Gasteiger partial charge is 0.318 e. The predicted octanol–water partition coefficient (Wildman–Crippen LogP) is 1.72. The highest BCUT2D eigenvalue weighted by molar-refractivity contribution is 9.10. The molecule has 0 atom stereocenters. The normalized spacial score (nSPS) is 14.3. The molecule has 0 radical (unpaired) electrons. The second-order valence-electron chi connectivity index (χ2n) is 2.57. The monoisotopic (exact) mass is 243 g/mol. The average Bonchev–Trinajstić information content (AvgIpc) is 2.37. The van der Waals surface area contributed by atoms with Gasteiger partial charge in [-0.3, -0.25) is 9.59 Å². The van der Waals surface area contributed by atoms with Gasteiger partial charge in [0, 0.05) is 0 Å². The number of anilines is 1. The van der Waals surface area contributed by atoms with E-state index in [0.29, 0.717) is 0 Å². The van der Waals surface area contributed by atoms with Crippen molar-refractivity contribution in [1.29, 1.82) is 0 Å². The molecule has 0 bridgehead atoms. The Kier molecular flexibility index (Phi) is 1.69. The highest BCUT2D eigenvalue weighted by Crippen LogP contribution is 2.29. The van der Waals surface area contributed by atoms with Gasteiger partial charge in [-0.2, -0.15) is 0 Å². The summed E-state index contributed by atoms with van der Waals surface area (Å²) in [5, 5.41) is 2.27. The smallest absolute Gasteiger partial charge is 0.296 e. The van der Waals surface area contributed by atoms with Crippen LogP contribution in [0.2, 0.25) is 0 Å². The van der Waals surface area contributed by atoms with Crippen molar-refractivity contribution < 1.29 is 14.0 Å². The van der Waals surface area contributed by atoms with Crippen LogP contribution in [-0.2, 0) is 4.79 Å². The number of hydrogen-bond donors (Lipinski definition) is 1. The molecule has 1 heterocycles. The van der Waals surface area contributed by atoms with Gasteiger partial charge < -0.3 is 5.32 Å². The Bertz CT molecular complexity index is 430. The standard InChI is InChI=1S/C8H3BrFNO2/c9-3-1-2-4-5(6(3)10)7(12)8(13)11-4/h1-2H,(H,11,12,13). The van der Waals surface area contributed by atoms with E-state index in [-0.39, 0.29) is 15.7 Å². The van der Waals surface area contributed by atoms with Crippen LogP contribution in [0.25, 0.3) is 0 Å². The summed E-state index contributed by atoms with van der Waals surface area (Å²) >= 11 is 2.93. The number of Topliss-reactive ketones (excluding diaryl/α,β-unsaturated/α-hetero) is 1. The molecule has 66 valence electrons. The molecule has 0 saturated heterocycles. The Hall–Kier alpha value is -1.23. The Morgan fingerprint density at radius 1 is 1.31 bits per heavy atom. The van der Waals surface area contributed by atoms with E-state index in [0.717, 1.165) is 0 Å². The molecule has 2 rings (SSSR count). The first-order valence-corrected chi connectivity index (χ1v) is 4.24. The number of nitrogens with one attached hydrogen (secondary N) is 1. The van der Waals surface area contributed by atoms with Crippen molar-refractivity contribution in [3.05, 3.63) is 28.0 Å². The van der Waals surface area contributed by atoms with Gasteiger partial charge in [0.2, 0.25) is 0 Å². The molecular weight excluding hydrogens is 241 g/mol. The van der Waals surface area contributed by atoms with Gasteiger partial charge in [0.05, 0.1) is 15.7 Å². The highest BCUT2D eigenvalue weighted by atomic mass is 79.9. The lowest BCUT2D eigenvalue weighted by Gasteiger charge is -1.98. The summed E-state index contributed by atoms with van der Waals surface area (Å²) in [4.78, 5) is 21.9. The first-order valence-electron chi connectivity index (χ1n) is 3.45. The van der Waals surface area contributed by atoms with Crippen molar-refractivity contribution in [3.8, 4) is 0 Å². The van der Waals surface area contributed by atoms with Crippen LogP contribution >= 0.6 is 15.9 Å². The van der Waals surface area contributed by atoms with Crippen LogP contribution in [0.5, 0.6) is 0 Å². The molecule has 0 unspecified atom stereocenters. The van der Waals surface area contributed by atoms with Crippen LogP contribution in [0.3, 0.4) is 0 Å². The SMILES string of the molecule is O=C1Nc2ccc(Br)c(F)c2C1=O. The molecule has 0 aromatic heterocycles. The molecular formula is C8H3BrFNO2. The molecule has 0 spiro atoms. The predicted molar refractivity (Wildman–Crippen MR) is 47.1 cm³/mol. The van der Waals surface area contributed by atoms with Gasteiger partial charge in [0.15, 0.2) is 5.82 Å². The minimum Gasteiger partial charge on any atom is -0.318 e. The molecule has 0 saturated carbocycles. The van der Waals surface area contributed by atoms with E-state index < -0.39 is 17.5 Å². The second-order valence-corrected chi connectivity index (χ2v) is 3.42. The van der Waals surface area contributed by atoms with E-state index in [1.807, 2.05) is 0 Å². The summed E-state index contributed by atoms with van der Waals surface area (Å²) in [5.74, 6) is -2.30. The van der Waals surface area contributed by atoms with Crippen LogP contribution in [0.1, 0.15) is 10.4 Å². The zero-order valence-corrected chi connectivity index (χ0v) is 7.81. The van der Waals surface area contributed by atoms with Gasteiger partial charge in [-0.1, -0.05) is 0 Å². The zero-order chi connectivity index (χ0) is 9.59. The van der Waals surface area contributed by atoms with Crippen LogP contribution < -0.4 is 5.32 Å². The summed E-state index contributed by atoms with van der Waals surface area (Å²) < 4.78 is 13.4. The maximum absolute atomic E-state index is 13.3. The third kappa shape index (κ3) is 1.07. The van der Waals surface area contributed by atoms with Crippen molar-refractivity contribution in [1.82, 2.24) is 0 Å². The van der Waals surface area contributed by atoms with E-state index in [9.17, 15) is 14.0 Å². The van der Waals surface area contributed by atoms with Crippen molar-refractivity contribution in [2.75, 3.05) is 5.32 Å². The Morgan fingerprint density at radius 3 is 2.69 bits per heavy atom. The minimum absolute atomic E-state index is 0.177. The molecule has 0 fully saturated rings. The molecule has 3 nitrogen and oxygen atoms in total. The number of rotatable bonds is 0. The van der Waals surface area contributed by atoms with Gasteiger partial charge in [0.1, 0.15) is 0 Å². The fourth-order valence-corrected chi connectivity index (χ4v) is 1.50. The summed E-state index contributed by atoms with van der Waals surface area (Å²) in [6, 6.07) is 2.92. The third-order valence-electron chi connectivity index (χ3n) is 1.78. The summed E-state index contributed by atoms with van der Waals surface area (Å²) in [6.07, 6.45) is 0. The van der Waals surface area contributed by atoms with Gasteiger partial charge in [-0.05, 0) is 28.1 Å². The molecule has 1 N–H and O–H groups in total. The van der Waals surface area contributed by atoms with Crippen molar-refractivity contribution in [2.24, 2.45) is 0 Å². The van der Waals surface area contributed by atoms with Crippen molar-refractivity contribution in [2.45, 2.75) is 0 Å². The lowest BCUT2D eigenvalue weighted by atomic mass is 10.1. The van der Waals surface area contributed by atoms with Crippen molar-refractivity contribution >= 4 is 33.3 Å². The maximum Gasteiger partial charge on any atom is 0.296 e.